The first-order valence-electron chi connectivity index (χ1n) is 6.05. The molecule has 0 N–H and O–H groups in total. The van der Waals surface area contributed by atoms with Crippen molar-refractivity contribution in [2.75, 3.05) is 31.1 Å². The summed E-state index contributed by atoms with van der Waals surface area (Å²) in [6.45, 7) is 3.71. The predicted octanol–water partition coefficient (Wildman–Crippen LogP) is 2.84. The number of halogens is 5. The molecule has 0 aliphatic carbocycles. The van der Waals surface area contributed by atoms with E-state index in [1.165, 1.54) is 12.3 Å². The Morgan fingerprint density at radius 1 is 1.10 bits per heavy atom. The highest BCUT2D eigenvalue weighted by molar-refractivity contribution is 5.85. The molecule has 2 atom stereocenters. The highest BCUT2D eigenvalue weighted by Crippen LogP contribution is 2.33. The molecular weight excluding hydrogens is 314 g/mol. The standard InChI is InChI=1S/C12H14F3N3.2ClH/c13-12(14,15)9-5-11(7-16-6-9)18-4-3-17-2-1-10(18)8-17;;/h5-7,10H,1-4,8H2;2*1H. The van der Waals surface area contributed by atoms with Gasteiger partial charge in [-0.3, -0.25) is 9.88 Å². The van der Waals surface area contributed by atoms with E-state index >= 15 is 0 Å². The number of nitrogens with zero attached hydrogens (tertiary/aromatic N) is 3. The third-order valence-corrected chi connectivity index (χ3v) is 3.73. The van der Waals surface area contributed by atoms with Crippen molar-refractivity contribution in [3.05, 3.63) is 24.0 Å². The van der Waals surface area contributed by atoms with E-state index in [0.29, 0.717) is 11.7 Å². The quantitative estimate of drug-likeness (QED) is 0.789. The second-order valence-electron chi connectivity index (χ2n) is 4.87. The molecule has 0 spiro atoms. The topological polar surface area (TPSA) is 19.4 Å². The number of fused-ring (bicyclic) bond motifs is 2. The molecule has 0 aromatic carbocycles. The van der Waals surface area contributed by atoms with Crippen LogP contribution >= 0.6 is 24.8 Å². The number of anilines is 1. The van der Waals surface area contributed by atoms with Crippen molar-refractivity contribution in [2.45, 2.75) is 18.6 Å². The van der Waals surface area contributed by atoms with Crippen LogP contribution < -0.4 is 4.90 Å². The Kier molecular flexibility index (Phi) is 5.52. The van der Waals surface area contributed by atoms with Gasteiger partial charge in [0.05, 0.1) is 17.4 Å². The molecule has 8 heteroatoms. The van der Waals surface area contributed by atoms with Gasteiger partial charge in [-0.05, 0) is 12.5 Å². The summed E-state index contributed by atoms with van der Waals surface area (Å²) in [5.41, 5.74) is -0.0724. The molecule has 114 valence electrons. The molecule has 1 aromatic heterocycles. The Balaban J connectivity index is 0.000001000. The minimum Gasteiger partial charge on any atom is -0.365 e. The van der Waals surface area contributed by atoms with Crippen LogP contribution in [-0.2, 0) is 6.18 Å². The van der Waals surface area contributed by atoms with E-state index in [2.05, 4.69) is 14.8 Å². The number of hydrogen-bond donors (Lipinski definition) is 0. The summed E-state index contributed by atoms with van der Waals surface area (Å²) in [5, 5.41) is 0. The van der Waals surface area contributed by atoms with Crippen LogP contribution in [0.1, 0.15) is 12.0 Å². The first kappa shape index (κ1) is 17.3. The molecule has 3 nitrogen and oxygen atoms in total. The van der Waals surface area contributed by atoms with Gasteiger partial charge in [-0.25, -0.2) is 0 Å². The van der Waals surface area contributed by atoms with Crippen LogP contribution in [0.25, 0.3) is 0 Å². The number of aromatic nitrogens is 1. The normalized spacial score (nSPS) is 24.9. The average molecular weight is 330 g/mol. The Labute approximate surface area is 128 Å². The second kappa shape index (κ2) is 6.37. The van der Waals surface area contributed by atoms with Gasteiger partial charge < -0.3 is 4.90 Å². The summed E-state index contributed by atoms with van der Waals surface area (Å²) in [5.74, 6) is 0. The Hall–Kier alpha value is -0.720. The third-order valence-electron chi connectivity index (χ3n) is 3.73. The number of rotatable bonds is 1. The minimum atomic E-state index is -4.32. The summed E-state index contributed by atoms with van der Waals surface area (Å²) in [6, 6.07) is 1.55. The lowest BCUT2D eigenvalue weighted by atomic mass is 10.1. The molecule has 2 fully saturated rings. The number of pyridine rings is 1. The largest absolute Gasteiger partial charge is 0.417 e. The van der Waals surface area contributed by atoms with Crippen LogP contribution in [0.3, 0.4) is 0 Å². The van der Waals surface area contributed by atoms with Gasteiger partial charge in [0.15, 0.2) is 0 Å². The van der Waals surface area contributed by atoms with E-state index in [4.69, 9.17) is 0 Å². The lowest BCUT2D eigenvalue weighted by molar-refractivity contribution is -0.137. The van der Waals surface area contributed by atoms with E-state index < -0.39 is 11.7 Å². The summed E-state index contributed by atoms with van der Waals surface area (Å²) in [6.07, 6.45) is -0.881. The van der Waals surface area contributed by atoms with Crippen molar-refractivity contribution < 1.29 is 13.2 Å². The molecule has 0 amide bonds. The molecule has 3 heterocycles. The molecule has 2 bridgehead atoms. The van der Waals surface area contributed by atoms with Gasteiger partial charge in [-0.1, -0.05) is 0 Å². The fourth-order valence-electron chi connectivity index (χ4n) is 2.78. The van der Waals surface area contributed by atoms with Crippen molar-refractivity contribution >= 4 is 30.5 Å². The van der Waals surface area contributed by atoms with Crippen molar-refractivity contribution in [3.8, 4) is 0 Å². The Morgan fingerprint density at radius 2 is 1.85 bits per heavy atom. The maximum atomic E-state index is 12.7. The smallest absolute Gasteiger partial charge is 0.365 e. The van der Waals surface area contributed by atoms with Crippen LogP contribution in [-0.4, -0.2) is 42.1 Å². The van der Waals surface area contributed by atoms with Gasteiger partial charge >= 0.3 is 6.18 Å². The lowest BCUT2D eigenvalue weighted by Gasteiger charge is -2.36. The zero-order valence-corrected chi connectivity index (χ0v) is 12.3. The summed E-state index contributed by atoms with van der Waals surface area (Å²) < 4.78 is 38.0. The van der Waals surface area contributed by atoms with Crippen LogP contribution in [0.4, 0.5) is 18.9 Å². The van der Waals surface area contributed by atoms with E-state index in [9.17, 15) is 13.2 Å². The lowest BCUT2D eigenvalue weighted by Crippen LogP contribution is -2.46. The van der Waals surface area contributed by atoms with E-state index in [1.54, 1.807) is 0 Å². The van der Waals surface area contributed by atoms with Crippen LogP contribution in [0, 0.1) is 0 Å². The fourth-order valence-corrected chi connectivity index (χ4v) is 2.78. The van der Waals surface area contributed by atoms with Crippen LogP contribution in [0.5, 0.6) is 0 Å². The van der Waals surface area contributed by atoms with Crippen LogP contribution in [0.15, 0.2) is 18.5 Å². The van der Waals surface area contributed by atoms with Gasteiger partial charge in [0.1, 0.15) is 0 Å². The van der Waals surface area contributed by atoms with Gasteiger partial charge in [-0.2, -0.15) is 13.2 Å². The third kappa shape index (κ3) is 3.30. The molecule has 2 aliphatic rings. The number of piperazine rings is 1. The molecule has 0 saturated carbocycles. The first-order valence-corrected chi connectivity index (χ1v) is 6.05. The summed E-state index contributed by atoms with van der Waals surface area (Å²) in [4.78, 5) is 8.14. The molecule has 0 radical (unpaired) electrons. The molecular formula is C12H16Cl2F3N3. The van der Waals surface area contributed by atoms with Gasteiger partial charge in [-0.15, -0.1) is 24.8 Å². The molecule has 2 saturated heterocycles. The van der Waals surface area contributed by atoms with Crippen LogP contribution in [0.2, 0.25) is 0 Å². The van der Waals surface area contributed by atoms with E-state index in [1.807, 2.05) is 0 Å². The highest BCUT2D eigenvalue weighted by Gasteiger charge is 2.35. The minimum absolute atomic E-state index is 0. The maximum Gasteiger partial charge on any atom is 0.417 e. The van der Waals surface area contributed by atoms with E-state index in [-0.39, 0.29) is 24.8 Å². The number of hydrogen-bond acceptors (Lipinski definition) is 3. The van der Waals surface area contributed by atoms with E-state index in [0.717, 1.165) is 38.8 Å². The average Bonchev–Trinajstić information content (AvgIpc) is 2.70. The Bertz CT molecular complexity index is 456. The molecule has 2 unspecified atom stereocenters. The monoisotopic (exact) mass is 329 g/mol. The predicted molar refractivity (Wildman–Crippen MR) is 75.9 cm³/mol. The van der Waals surface area contributed by atoms with Gasteiger partial charge in [0.25, 0.3) is 0 Å². The summed E-state index contributed by atoms with van der Waals surface area (Å²) >= 11 is 0. The first-order chi connectivity index (χ1) is 8.54. The molecule has 20 heavy (non-hydrogen) atoms. The molecule has 2 aliphatic heterocycles. The molecule has 1 aromatic rings. The highest BCUT2D eigenvalue weighted by atomic mass is 35.5. The van der Waals surface area contributed by atoms with Crippen molar-refractivity contribution in [2.24, 2.45) is 0 Å². The fraction of sp³-hybridized carbons (Fsp3) is 0.583. The van der Waals surface area contributed by atoms with Gasteiger partial charge in [0, 0.05) is 38.4 Å². The molecule has 3 rings (SSSR count). The van der Waals surface area contributed by atoms with Crippen molar-refractivity contribution in [1.29, 1.82) is 0 Å². The SMILES string of the molecule is Cl.Cl.FC(F)(F)c1cncc(N2CCN3CCC2C3)c1. The number of alkyl halides is 3. The van der Waals surface area contributed by atoms with Crippen molar-refractivity contribution in [1.82, 2.24) is 9.88 Å². The second-order valence-corrected chi connectivity index (χ2v) is 4.87. The summed E-state index contributed by atoms with van der Waals surface area (Å²) in [7, 11) is 0. The van der Waals surface area contributed by atoms with Crippen molar-refractivity contribution in [3.63, 3.8) is 0 Å². The zero-order valence-electron chi connectivity index (χ0n) is 10.6. The Morgan fingerprint density at radius 3 is 2.55 bits per heavy atom. The zero-order chi connectivity index (χ0) is 12.8. The maximum absolute atomic E-state index is 12.7. The van der Waals surface area contributed by atoms with Gasteiger partial charge in [0.2, 0.25) is 0 Å².